The van der Waals surface area contributed by atoms with Crippen molar-refractivity contribution < 1.29 is 9.53 Å². The fourth-order valence-corrected chi connectivity index (χ4v) is 3.50. The van der Waals surface area contributed by atoms with E-state index in [1.807, 2.05) is 26.8 Å². The third-order valence-corrected chi connectivity index (χ3v) is 5.17. The van der Waals surface area contributed by atoms with Crippen LogP contribution in [0.5, 0.6) is 5.75 Å². The first-order chi connectivity index (χ1) is 11.9. The molecule has 1 amide bonds. The molecule has 2 aromatic heterocycles. The molecule has 2 fully saturated rings. The number of nitrogens with zero attached hydrogens (tertiary/aromatic N) is 4. The standard InChI is InChI=1S/C18H17N5O2/c1-9-12(8-20-10(2)22-9)25-16-14-15(16)18(14,3)17(24)23-13-5-4-11(6-19)7-21-13/h4-5,7-8,14-16H,1-3H3,(H,21,23,24)/t14-,15?,16?,18?/m1/s1. The summed E-state index contributed by atoms with van der Waals surface area (Å²) in [6, 6.07) is 5.26. The lowest BCUT2D eigenvalue weighted by Gasteiger charge is -2.22. The minimum atomic E-state index is -0.417. The van der Waals surface area contributed by atoms with E-state index in [0.717, 1.165) is 5.69 Å². The van der Waals surface area contributed by atoms with Gasteiger partial charge in [-0.25, -0.2) is 15.0 Å². The highest BCUT2D eigenvalue weighted by Gasteiger charge is 2.86. The largest absolute Gasteiger partial charge is 0.486 e. The van der Waals surface area contributed by atoms with Crippen LogP contribution in [0.25, 0.3) is 0 Å². The molecule has 2 aliphatic rings. The lowest BCUT2D eigenvalue weighted by atomic mass is 9.94. The Morgan fingerprint density at radius 2 is 2.04 bits per heavy atom. The average Bonchev–Trinajstić information content (AvgIpc) is 3.48. The third kappa shape index (κ3) is 2.41. The van der Waals surface area contributed by atoms with E-state index in [1.165, 1.54) is 6.20 Å². The molecule has 0 aromatic carbocycles. The van der Waals surface area contributed by atoms with Gasteiger partial charge in [0.05, 0.1) is 22.9 Å². The molecular weight excluding hydrogens is 318 g/mol. The zero-order valence-electron chi connectivity index (χ0n) is 14.1. The zero-order valence-corrected chi connectivity index (χ0v) is 14.1. The molecule has 1 N–H and O–H groups in total. The van der Waals surface area contributed by atoms with Gasteiger partial charge in [0.25, 0.3) is 0 Å². The molecule has 126 valence electrons. The van der Waals surface area contributed by atoms with Gasteiger partial charge in [-0.2, -0.15) is 5.26 Å². The molecule has 0 radical (unpaired) electrons. The molecule has 2 saturated carbocycles. The molecule has 25 heavy (non-hydrogen) atoms. The van der Waals surface area contributed by atoms with Gasteiger partial charge < -0.3 is 10.1 Å². The molecule has 2 aromatic rings. The Kier molecular flexibility index (Phi) is 3.25. The number of hydrogen-bond donors (Lipinski definition) is 1. The van der Waals surface area contributed by atoms with Crippen molar-refractivity contribution in [3.63, 3.8) is 0 Å². The monoisotopic (exact) mass is 335 g/mol. The average molecular weight is 335 g/mol. The Labute approximate surface area is 145 Å². The van der Waals surface area contributed by atoms with Crippen molar-refractivity contribution in [2.45, 2.75) is 26.9 Å². The van der Waals surface area contributed by atoms with Crippen LogP contribution in [0.2, 0.25) is 0 Å². The number of anilines is 1. The number of carbonyl (C=O) groups excluding carboxylic acids is 1. The minimum Gasteiger partial charge on any atom is -0.486 e. The number of aryl methyl sites for hydroxylation is 2. The Morgan fingerprint density at radius 1 is 1.28 bits per heavy atom. The Balaban J connectivity index is 1.36. The number of ether oxygens (including phenoxy) is 1. The van der Waals surface area contributed by atoms with Crippen LogP contribution in [0.4, 0.5) is 5.82 Å². The number of aromatic nitrogens is 3. The Morgan fingerprint density at radius 3 is 2.64 bits per heavy atom. The molecule has 4 atom stereocenters. The van der Waals surface area contributed by atoms with Gasteiger partial charge in [0.1, 0.15) is 23.8 Å². The van der Waals surface area contributed by atoms with E-state index in [-0.39, 0.29) is 23.8 Å². The van der Waals surface area contributed by atoms with Gasteiger partial charge in [-0.3, -0.25) is 4.79 Å². The van der Waals surface area contributed by atoms with Gasteiger partial charge in [0.2, 0.25) is 5.91 Å². The second kappa shape index (κ2) is 5.24. The number of rotatable bonds is 4. The number of fused-ring (bicyclic) bond motifs is 1. The fraction of sp³-hybridized carbons (Fsp3) is 0.389. The highest BCUT2D eigenvalue weighted by molar-refractivity contribution is 5.99. The number of carbonyl (C=O) groups is 1. The Hall–Kier alpha value is -3.01. The smallest absolute Gasteiger partial charge is 0.232 e. The number of pyridine rings is 1. The van der Waals surface area contributed by atoms with E-state index in [4.69, 9.17) is 10.00 Å². The maximum absolute atomic E-state index is 12.5. The first kappa shape index (κ1) is 15.5. The number of nitriles is 1. The molecule has 0 bridgehead atoms. The highest BCUT2D eigenvalue weighted by atomic mass is 16.5. The maximum Gasteiger partial charge on any atom is 0.232 e. The van der Waals surface area contributed by atoms with Gasteiger partial charge in [-0.05, 0) is 32.9 Å². The zero-order chi connectivity index (χ0) is 17.8. The molecule has 0 aliphatic heterocycles. The maximum atomic E-state index is 12.5. The van der Waals surface area contributed by atoms with Crippen LogP contribution in [-0.4, -0.2) is 27.0 Å². The van der Waals surface area contributed by atoms with E-state index in [0.29, 0.717) is 23.0 Å². The van der Waals surface area contributed by atoms with Crippen molar-refractivity contribution >= 4 is 11.7 Å². The summed E-state index contributed by atoms with van der Waals surface area (Å²) in [6.45, 7) is 5.67. The summed E-state index contributed by atoms with van der Waals surface area (Å²) in [6.07, 6.45) is 3.18. The summed E-state index contributed by atoms with van der Waals surface area (Å²) in [5.41, 5.74) is 0.856. The topological polar surface area (TPSA) is 101 Å². The van der Waals surface area contributed by atoms with E-state index < -0.39 is 5.41 Å². The van der Waals surface area contributed by atoms with Crippen LogP contribution in [0.3, 0.4) is 0 Å². The predicted octanol–water partition coefficient (Wildman–Crippen LogP) is 2.01. The van der Waals surface area contributed by atoms with Crippen molar-refractivity contribution in [2.75, 3.05) is 5.32 Å². The van der Waals surface area contributed by atoms with E-state index in [1.54, 1.807) is 18.3 Å². The minimum absolute atomic E-state index is 0.0506. The second-order valence-corrected chi connectivity index (χ2v) is 6.78. The van der Waals surface area contributed by atoms with Crippen molar-refractivity contribution in [1.82, 2.24) is 15.0 Å². The molecular formula is C18H17N5O2. The SMILES string of the molecule is Cc1ncc(OC2C3[C@H]2C3(C)C(=O)Nc2ccc(C#N)cn2)c(C)n1. The normalized spacial score (nSPS) is 28.5. The van der Waals surface area contributed by atoms with Crippen molar-refractivity contribution in [3.05, 3.63) is 41.6 Å². The summed E-state index contributed by atoms with van der Waals surface area (Å²) >= 11 is 0. The van der Waals surface area contributed by atoms with Gasteiger partial charge in [-0.15, -0.1) is 0 Å². The highest BCUT2D eigenvalue weighted by Crippen LogP contribution is 2.78. The van der Waals surface area contributed by atoms with Crippen LogP contribution < -0.4 is 10.1 Å². The number of nitrogens with one attached hydrogen (secondary N) is 1. The fourth-order valence-electron chi connectivity index (χ4n) is 3.50. The number of hydrogen-bond acceptors (Lipinski definition) is 6. The lowest BCUT2D eigenvalue weighted by Crippen LogP contribution is -2.34. The van der Waals surface area contributed by atoms with E-state index >= 15 is 0 Å². The van der Waals surface area contributed by atoms with Crippen LogP contribution in [0, 0.1) is 42.4 Å². The van der Waals surface area contributed by atoms with Crippen LogP contribution in [0.1, 0.15) is 24.0 Å². The first-order valence-electron chi connectivity index (χ1n) is 8.09. The van der Waals surface area contributed by atoms with E-state index in [2.05, 4.69) is 20.3 Å². The summed E-state index contributed by atoms with van der Waals surface area (Å²) in [5.74, 6) is 2.22. The summed E-state index contributed by atoms with van der Waals surface area (Å²) < 4.78 is 5.94. The van der Waals surface area contributed by atoms with Crippen LogP contribution in [-0.2, 0) is 4.79 Å². The molecule has 0 spiro atoms. The molecule has 0 saturated heterocycles. The quantitative estimate of drug-likeness (QED) is 0.917. The third-order valence-electron chi connectivity index (χ3n) is 5.17. The molecule has 2 heterocycles. The van der Waals surface area contributed by atoms with Crippen molar-refractivity contribution in [2.24, 2.45) is 17.3 Å². The summed E-state index contributed by atoms with van der Waals surface area (Å²) in [5, 5.41) is 11.6. The molecule has 2 aliphatic carbocycles. The number of amides is 1. The van der Waals surface area contributed by atoms with Crippen LogP contribution >= 0.6 is 0 Å². The van der Waals surface area contributed by atoms with E-state index in [9.17, 15) is 4.79 Å². The Bertz CT molecular complexity index is 893. The molecule has 3 unspecified atom stereocenters. The second-order valence-electron chi connectivity index (χ2n) is 6.78. The first-order valence-corrected chi connectivity index (χ1v) is 8.09. The lowest BCUT2D eigenvalue weighted by molar-refractivity contribution is -0.123. The van der Waals surface area contributed by atoms with Gasteiger partial charge >= 0.3 is 0 Å². The van der Waals surface area contributed by atoms with Gasteiger partial charge in [-0.1, -0.05) is 0 Å². The predicted molar refractivity (Wildman–Crippen MR) is 88.6 cm³/mol. The van der Waals surface area contributed by atoms with Crippen LogP contribution in [0.15, 0.2) is 24.5 Å². The van der Waals surface area contributed by atoms with Gasteiger partial charge in [0.15, 0.2) is 5.75 Å². The summed E-state index contributed by atoms with van der Waals surface area (Å²) in [7, 11) is 0. The molecule has 7 nitrogen and oxygen atoms in total. The summed E-state index contributed by atoms with van der Waals surface area (Å²) in [4.78, 5) is 25.0. The molecule has 4 rings (SSSR count). The van der Waals surface area contributed by atoms with Crippen molar-refractivity contribution in [1.29, 1.82) is 5.26 Å². The van der Waals surface area contributed by atoms with Crippen molar-refractivity contribution in [3.8, 4) is 11.8 Å². The van der Waals surface area contributed by atoms with Gasteiger partial charge in [0, 0.05) is 18.0 Å². The molecule has 7 heteroatoms.